The highest BCUT2D eigenvalue weighted by molar-refractivity contribution is 7.89. The van der Waals surface area contributed by atoms with Crippen molar-refractivity contribution in [3.8, 4) is 0 Å². The number of nitrogens with one attached hydrogen (secondary N) is 1. The number of hydrogen-bond acceptors (Lipinski definition) is 5. The van der Waals surface area contributed by atoms with E-state index in [9.17, 15) is 8.42 Å². The molecule has 1 heterocycles. The van der Waals surface area contributed by atoms with Crippen molar-refractivity contribution in [2.24, 2.45) is 5.92 Å². The zero-order valence-corrected chi connectivity index (χ0v) is 16.6. The number of ether oxygens (including phenoxy) is 1. The zero-order valence-electron chi connectivity index (χ0n) is 15.7. The lowest BCUT2D eigenvalue weighted by Crippen LogP contribution is -2.44. The van der Waals surface area contributed by atoms with Gasteiger partial charge in [-0.05, 0) is 23.6 Å². The van der Waals surface area contributed by atoms with Gasteiger partial charge in [-0.3, -0.25) is 4.90 Å². The van der Waals surface area contributed by atoms with Crippen LogP contribution in [0.25, 0.3) is 0 Å². The Morgan fingerprint density at radius 3 is 2.28 bits per heavy atom. The molecule has 1 aromatic rings. The van der Waals surface area contributed by atoms with Crippen LogP contribution in [-0.2, 0) is 14.8 Å². The van der Waals surface area contributed by atoms with Crippen LogP contribution in [0, 0.1) is 5.92 Å². The maximum absolute atomic E-state index is 12.2. The standard InChI is InChI=1S/C18H31N3O3S/c1-15(2)14-25(22,23)19-13-18(21-9-11-24-12-10-21)16-5-7-17(8-6-16)20(3)4/h5-8,15,18-19H,9-14H2,1-4H3/t18-/m0/s1. The first-order valence-corrected chi connectivity index (χ1v) is 10.5. The molecule has 1 atom stereocenters. The molecule has 1 aliphatic heterocycles. The van der Waals surface area contributed by atoms with Crippen molar-refractivity contribution >= 4 is 15.7 Å². The average molecular weight is 370 g/mol. The van der Waals surface area contributed by atoms with Gasteiger partial charge in [0.1, 0.15) is 0 Å². The van der Waals surface area contributed by atoms with Crippen LogP contribution in [0.1, 0.15) is 25.5 Å². The number of hydrogen-bond donors (Lipinski definition) is 1. The van der Waals surface area contributed by atoms with Gasteiger partial charge in [0.2, 0.25) is 10.0 Å². The molecule has 0 aliphatic carbocycles. The van der Waals surface area contributed by atoms with Gasteiger partial charge in [-0.1, -0.05) is 26.0 Å². The van der Waals surface area contributed by atoms with Crippen molar-refractivity contribution in [1.82, 2.24) is 9.62 Å². The summed E-state index contributed by atoms with van der Waals surface area (Å²) in [6, 6.07) is 8.34. The van der Waals surface area contributed by atoms with E-state index in [-0.39, 0.29) is 17.7 Å². The van der Waals surface area contributed by atoms with E-state index in [0.717, 1.165) is 24.3 Å². The lowest BCUT2D eigenvalue weighted by atomic mass is 10.0. The highest BCUT2D eigenvalue weighted by atomic mass is 32.2. The summed E-state index contributed by atoms with van der Waals surface area (Å²) in [4.78, 5) is 4.35. The number of benzene rings is 1. The normalized spacial score (nSPS) is 17.6. The summed E-state index contributed by atoms with van der Waals surface area (Å²) in [5.74, 6) is 0.265. The van der Waals surface area contributed by atoms with E-state index in [4.69, 9.17) is 4.74 Å². The number of nitrogens with zero attached hydrogens (tertiary/aromatic N) is 2. The fourth-order valence-electron chi connectivity index (χ4n) is 3.05. The molecule has 0 radical (unpaired) electrons. The summed E-state index contributed by atoms with van der Waals surface area (Å²) < 4.78 is 32.7. The molecule has 1 aromatic carbocycles. The summed E-state index contributed by atoms with van der Waals surface area (Å²) in [6.07, 6.45) is 0. The number of rotatable bonds is 8. The van der Waals surface area contributed by atoms with Crippen molar-refractivity contribution in [3.63, 3.8) is 0 Å². The molecule has 1 aliphatic rings. The third-order valence-corrected chi connectivity index (χ3v) is 6.04. The molecule has 0 spiro atoms. The Morgan fingerprint density at radius 2 is 1.76 bits per heavy atom. The molecule has 2 rings (SSSR count). The molecule has 0 unspecified atom stereocenters. The first-order valence-electron chi connectivity index (χ1n) is 8.85. The average Bonchev–Trinajstić information content (AvgIpc) is 2.55. The van der Waals surface area contributed by atoms with Crippen LogP contribution in [0.5, 0.6) is 0 Å². The number of sulfonamides is 1. The molecule has 1 N–H and O–H groups in total. The summed E-state index contributed by atoms with van der Waals surface area (Å²) >= 11 is 0. The molecule has 25 heavy (non-hydrogen) atoms. The van der Waals surface area contributed by atoms with Crippen LogP contribution in [0.3, 0.4) is 0 Å². The predicted molar refractivity (Wildman–Crippen MR) is 103 cm³/mol. The van der Waals surface area contributed by atoms with Crippen molar-refractivity contribution < 1.29 is 13.2 Å². The highest BCUT2D eigenvalue weighted by Crippen LogP contribution is 2.24. The Hall–Kier alpha value is -1.15. The lowest BCUT2D eigenvalue weighted by molar-refractivity contribution is 0.0172. The lowest BCUT2D eigenvalue weighted by Gasteiger charge is -2.35. The molecule has 7 heteroatoms. The molecule has 1 saturated heterocycles. The molecule has 1 fully saturated rings. The van der Waals surface area contributed by atoms with Crippen LogP contribution in [0.15, 0.2) is 24.3 Å². The molecule has 0 aromatic heterocycles. The van der Waals surface area contributed by atoms with E-state index in [1.165, 1.54) is 0 Å². The summed E-state index contributed by atoms with van der Waals surface area (Å²) in [6.45, 7) is 7.21. The van der Waals surface area contributed by atoms with E-state index in [1.54, 1.807) is 0 Å². The topological polar surface area (TPSA) is 61.9 Å². The third-order valence-electron chi connectivity index (χ3n) is 4.33. The molecule has 0 saturated carbocycles. The summed E-state index contributed by atoms with van der Waals surface area (Å²) in [5.41, 5.74) is 2.25. The Bertz CT molecular complexity index is 623. The van der Waals surface area contributed by atoms with Gasteiger partial charge < -0.3 is 9.64 Å². The van der Waals surface area contributed by atoms with Gasteiger partial charge >= 0.3 is 0 Å². The first-order chi connectivity index (χ1) is 11.8. The number of anilines is 1. The van der Waals surface area contributed by atoms with Gasteiger partial charge in [-0.15, -0.1) is 0 Å². The van der Waals surface area contributed by atoms with Crippen LogP contribution >= 0.6 is 0 Å². The molecule has 0 amide bonds. The van der Waals surface area contributed by atoms with Crippen molar-refractivity contribution in [1.29, 1.82) is 0 Å². The predicted octanol–water partition coefficient (Wildman–Crippen LogP) is 1.70. The van der Waals surface area contributed by atoms with Crippen molar-refractivity contribution in [3.05, 3.63) is 29.8 Å². The smallest absolute Gasteiger partial charge is 0.211 e. The van der Waals surface area contributed by atoms with E-state index in [0.29, 0.717) is 19.8 Å². The molecule has 142 valence electrons. The minimum Gasteiger partial charge on any atom is -0.379 e. The van der Waals surface area contributed by atoms with Gasteiger partial charge in [0, 0.05) is 45.5 Å². The maximum Gasteiger partial charge on any atom is 0.211 e. The van der Waals surface area contributed by atoms with Gasteiger partial charge in [0.15, 0.2) is 0 Å². The van der Waals surface area contributed by atoms with Gasteiger partial charge in [-0.25, -0.2) is 13.1 Å². The zero-order chi connectivity index (χ0) is 18.4. The highest BCUT2D eigenvalue weighted by Gasteiger charge is 2.24. The van der Waals surface area contributed by atoms with Crippen LogP contribution < -0.4 is 9.62 Å². The van der Waals surface area contributed by atoms with E-state index in [2.05, 4.69) is 38.8 Å². The minimum absolute atomic E-state index is 0.0158. The SMILES string of the molecule is CC(C)CS(=O)(=O)NC[C@@H](c1ccc(N(C)C)cc1)N1CCOCC1. The second-order valence-corrected chi connectivity index (χ2v) is 9.03. The molecular formula is C18H31N3O3S. The van der Waals surface area contributed by atoms with Gasteiger partial charge in [0.25, 0.3) is 0 Å². The fraction of sp³-hybridized carbons (Fsp3) is 0.667. The fourth-order valence-corrected chi connectivity index (χ4v) is 4.45. The van der Waals surface area contributed by atoms with E-state index in [1.807, 2.05) is 27.9 Å². The maximum atomic E-state index is 12.2. The monoisotopic (exact) mass is 369 g/mol. The Labute approximate surface area is 152 Å². The van der Waals surface area contributed by atoms with Crippen LogP contribution in [-0.4, -0.2) is 66.0 Å². The summed E-state index contributed by atoms with van der Waals surface area (Å²) in [5, 5.41) is 0. The third kappa shape index (κ3) is 6.26. The molecular weight excluding hydrogens is 338 g/mol. The second kappa shape index (κ2) is 8.98. The largest absolute Gasteiger partial charge is 0.379 e. The van der Waals surface area contributed by atoms with Crippen LogP contribution in [0.2, 0.25) is 0 Å². The van der Waals surface area contributed by atoms with Gasteiger partial charge in [-0.2, -0.15) is 0 Å². The van der Waals surface area contributed by atoms with E-state index >= 15 is 0 Å². The Balaban J connectivity index is 2.15. The van der Waals surface area contributed by atoms with Crippen LogP contribution in [0.4, 0.5) is 5.69 Å². The molecule has 6 nitrogen and oxygen atoms in total. The van der Waals surface area contributed by atoms with E-state index < -0.39 is 10.0 Å². The first kappa shape index (κ1) is 20.2. The minimum atomic E-state index is -3.26. The second-order valence-electron chi connectivity index (χ2n) is 7.17. The quantitative estimate of drug-likeness (QED) is 0.756. The van der Waals surface area contributed by atoms with Gasteiger partial charge in [0.05, 0.1) is 19.0 Å². The Morgan fingerprint density at radius 1 is 1.16 bits per heavy atom. The number of morpholine rings is 1. The van der Waals surface area contributed by atoms with Crippen molar-refractivity contribution in [2.45, 2.75) is 19.9 Å². The Kier molecular flexibility index (Phi) is 7.25. The summed E-state index contributed by atoms with van der Waals surface area (Å²) in [7, 11) is 0.757. The molecule has 0 bridgehead atoms. The van der Waals surface area contributed by atoms with Crippen molar-refractivity contribution in [2.75, 3.05) is 57.6 Å².